The van der Waals surface area contributed by atoms with E-state index in [1.165, 1.54) is 0 Å². The molecule has 0 unspecified atom stereocenters. The number of fused-ring (bicyclic) bond motifs is 1. The minimum absolute atomic E-state index is 0.139. The van der Waals surface area contributed by atoms with Crippen LogP contribution in [0.3, 0.4) is 0 Å². The molecule has 0 aliphatic rings. The molecule has 0 amide bonds. The zero-order valence-corrected chi connectivity index (χ0v) is 10.9. The van der Waals surface area contributed by atoms with Crippen LogP contribution >= 0.6 is 0 Å². The van der Waals surface area contributed by atoms with Crippen LogP contribution in [0.5, 0.6) is 0 Å². The Hall–Kier alpha value is -1.75. The molecule has 0 fully saturated rings. The first kappa shape index (κ1) is 12.7. The van der Waals surface area contributed by atoms with Gasteiger partial charge in [0.05, 0.1) is 11.0 Å². The Labute approximate surface area is 105 Å². The van der Waals surface area contributed by atoms with E-state index in [-0.39, 0.29) is 17.7 Å². The molecule has 98 valence electrons. The van der Waals surface area contributed by atoms with Crippen LogP contribution in [0.25, 0.3) is 11.0 Å². The third kappa shape index (κ3) is 2.56. The Bertz CT molecular complexity index is 598. The van der Waals surface area contributed by atoms with Crippen molar-refractivity contribution in [2.45, 2.75) is 13.8 Å². The van der Waals surface area contributed by atoms with Gasteiger partial charge in [0, 0.05) is 31.3 Å². The normalized spacial score (nSPS) is 12.0. The standard InChI is InChI=1S/C13H19N3O2/c1-13(2,8-17)7-16(3)9-4-5-10-11(6-9)15-12(18)14-10/h4-6,17H,7-8H2,1-3H3,(H2,14,15,18). The fraction of sp³-hybridized carbons (Fsp3) is 0.462. The van der Waals surface area contributed by atoms with Crippen molar-refractivity contribution in [3.05, 3.63) is 28.7 Å². The molecular formula is C13H19N3O2. The van der Waals surface area contributed by atoms with Crippen LogP contribution in [-0.4, -0.2) is 35.3 Å². The van der Waals surface area contributed by atoms with Crippen molar-refractivity contribution in [2.75, 3.05) is 25.1 Å². The second-order valence-electron chi connectivity index (χ2n) is 5.49. The van der Waals surface area contributed by atoms with Crippen LogP contribution in [0, 0.1) is 5.41 Å². The van der Waals surface area contributed by atoms with Crippen molar-refractivity contribution in [1.29, 1.82) is 0 Å². The summed E-state index contributed by atoms with van der Waals surface area (Å²) >= 11 is 0. The van der Waals surface area contributed by atoms with E-state index in [0.717, 1.165) is 23.3 Å². The first-order valence-corrected chi connectivity index (χ1v) is 5.95. The molecule has 0 spiro atoms. The highest BCUT2D eigenvalue weighted by Crippen LogP contribution is 2.22. The number of hydrogen-bond donors (Lipinski definition) is 3. The predicted molar refractivity (Wildman–Crippen MR) is 73.1 cm³/mol. The minimum atomic E-state index is -0.194. The highest BCUT2D eigenvalue weighted by molar-refractivity contribution is 5.78. The van der Waals surface area contributed by atoms with Crippen LogP contribution in [0.2, 0.25) is 0 Å². The number of aliphatic hydroxyl groups is 1. The predicted octanol–water partition coefficient (Wildman–Crippen LogP) is 1.31. The summed E-state index contributed by atoms with van der Waals surface area (Å²) in [5.41, 5.74) is 2.26. The van der Waals surface area contributed by atoms with E-state index >= 15 is 0 Å². The molecule has 5 heteroatoms. The van der Waals surface area contributed by atoms with Crippen LogP contribution in [-0.2, 0) is 0 Å². The van der Waals surface area contributed by atoms with E-state index in [2.05, 4.69) is 14.9 Å². The number of aromatic nitrogens is 2. The number of nitrogens with one attached hydrogen (secondary N) is 2. The number of nitrogens with zero attached hydrogens (tertiary/aromatic N) is 1. The monoisotopic (exact) mass is 249 g/mol. The SMILES string of the molecule is CN(CC(C)(C)CO)c1ccc2[nH]c(=O)[nH]c2c1. The Kier molecular flexibility index (Phi) is 3.17. The average Bonchev–Trinajstić information content (AvgIpc) is 2.67. The molecule has 18 heavy (non-hydrogen) atoms. The second kappa shape index (κ2) is 4.49. The van der Waals surface area contributed by atoms with E-state index in [9.17, 15) is 9.90 Å². The van der Waals surface area contributed by atoms with Gasteiger partial charge < -0.3 is 20.0 Å². The van der Waals surface area contributed by atoms with Gasteiger partial charge in [-0.15, -0.1) is 0 Å². The molecule has 2 aromatic rings. The van der Waals surface area contributed by atoms with E-state index in [1.807, 2.05) is 39.1 Å². The summed E-state index contributed by atoms with van der Waals surface area (Å²) in [6.07, 6.45) is 0. The Balaban J connectivity index is 2.27. The first-order chi connectivity index (χ1) is 8.41. The summed E-state index contributed by atoms with van der Waals surface area (Å²) in [5, 5.41) is 9.29. The minimum Gasteiger partial charge on any atom is -0.396 e. The van der Waals surface area contributed by atoms with Gasteiger partial charge in [0.2, 0.25) is 0 Å². The van der Waals surface area contributed by atoms with Gasteiger partial charge in [0.1, 0.15) is 0 Å². The van der Waals surface area contributed by atoms with Gasteiger partial charge in [-0.2, -0.15) is 0 Å². The lowest BCUT2D eigenvalue weighted by Crippen LogP contribution is -2.33. The van der Waals surface area contributed by atoms with E-state index in [4.69, 9.17) is 0 Å². The second-order valence-corrected chi connectivity index (χ2v) is 5.49. The summed E-state index contributed by atoms with van der Waals surface area (Å²) in [4.78, 5) is 18.7. The van der Waals surface area contributed by atoms with E-state index in [1.54, 1.807) is 0 Å². The van der Waals surface area contributed by atoms with Crippen molar-refractivity contribution in [2.24, 2.45) is 5.41 Å². The number of benzene rings is 1. The summed E-state index contributed by atoms with van der Waals surface area (Å²) < 4.78 is 0. The lowest BCUT2D eigenvalue weighted by atomic mass is 9.94. The van der Waals surface area contributed by atoms with Crippen LogP contribution in [0.15, 0.2) is 23.0 Å². The summed E-state index contributed by atoms with van der Waals surface area (Å²) in [6, 6.07) is 5.77. The van der Waals surface area contributed by atoms with Crippen molar-refractivity contribution in [3.8, 4) is 0 Å². The van der Waals surface area contributed by atoms with Gasteiger partial charge in [0.15, 0.2) is 0 Å². The molecule has 2 rings (SSSR count). The van der Waals surface area contributed by atoms with Crippen molar-refractivity contribution >= 4 is 16.7 Å². The number of hydrogen-bond acceptors (Lipinski definition) is 3. The Morgan fingerprint density at radius 3 is 2.61 bits per heavy atom. The highest BCUT2D eigenvalue weighted by atomic mass is 16.3. The molecular weight excluding hydrogens is 230 g/mol. The number of rotatable bonds is 4. The number of imidazole rings is 1. The van der Waals surface area contributed by atoms with Gasteiger partial charge in [0.25, 0.3) is 0 Å². The van der Waals surface area contributed by atoms with Crippen molar-refractivity contribution in [3.63, 3.8) is 0 Å². The van der Waals surface area contributed by atoms with Gasteiger partial charge >= 0.3 is 5.69 Å². The third-order valence-electron chi connectivity index (χ3n) is 3.03. The smallest absolute Gasteiger partial charge is 0.323 e. The zero-order chi connectivity index (χ0) is 13.3. The molecule has 1 aromatic carbocycles. The number of H-pyrrole nitrogens is 2. The maximum Gasteiger partial charge on any atom is 0.323 e. The molecule has 1 heterocycles. The molecule has 0 aliphatic carbocycles. The van der Waals surface area contributed by atoms with Gasteiger partial charge in [-0.3, -0.25) is 0 Å². The fourth-order valence-electron chi connectivity index (χ4n) is 2.04. The van der Waals surface area contributed by atoms with Crippen LogP contribution in [0.1, 0.15) is 13.8 Å². The molecule has 0 atom stereocenters. The maximum atomic E-state index is 11.2. The van der Waals surface area contributed by atoms with Gasteiger partial charge in [-0.1, -0.05) is 13.8 Å². The number of aromatic amines is 2. The number of aliphatic hydroxyl groups excluding tert-OH is 1. The summed E-state index contributed by atoms with van der Waals surface area (Å²) in [7, 11) is 1.98. The topological polar surface area (TPSA) is 72.1 Å². The van der Waals surface area contributed by atoms with Crippen LogP contribution in [0.4, 0.5) is 5.69 Å². The summed E-state index contributed by atoms with van der Waals surface area (Å²) in [5.74, 6) is 0. The molecule has 0 saturated carbocycles. The molecule has 0 aliphatic heterocycles. The molecule has 3 N–H and O–H groups in total. The molecule has 1 aromatic heterocycles. The van der Waals surface area contributed by atoms with Gasteiger partial charge in [-0.05, 0) is 18.2 Å². The Morgan fingerprint density at radius 1 is 1.28 bits per heavy atom. The van der Waals surface area contributed by atoms with Crippen molar-refractivity contribution in [1.82, 2.24) is 9.97 Å². The molecule has 0 bridgehead atoms. The highest BCUT2D eigenvalue weighted by Gasteiger charge is 2.19. The molecule has 0 saturated heterocycles. The molecule has 5 nitrogen and oxygen atoms in total. The Morgan fingerprint density at radius 2 is 1.94 bits per heavy atom. The lowest BCUT2D eigenvalue weighted by Gasteiger charge is -2.29. The fourth-order valence-corrected chi connectivity index (χ4v) is 2.04. The molecule has 0 radical (unpaired) electrons. The van der Waals surface area contributed by atoms with Gasteiger partial charge in [-0.25, -0.2) is 4.79 Å². The summed E-state index contributed by atoms with van der Waals surface area (Å²) in [6.45, 7) is 4.91. The first-order valence-electron chi connectivity index (χ1n) is 5.95. The third-order valence-corrected chi connectivity index (χ3v) is 3.03. The average molecular weight is 249 g/mol. The maximum absolute atomic E-state index is 11.2. The zero-order valence-electron chi connectivity index (χ0n) is 10.9. The number of anilines is 1. The van der Waals surface area contributed by atoms with E-state index in [0.29, 0.717) is 0 Å². The van der Waals surface area contributed by atoms with Crippen molar-refractivity contribution < 1.29 is 5.11 Å². The largest absolute Gasteiger partial charge is 0.396 e. The lowest BCUT2D eigenvalue weighted by molar-refractivity contribution is 0.165. The van der Waals surface area contributed by atoms with E-state index < -0.39 is 0 Å². The van der Waals surface area contributed by atoms with Crippen LogP contribution < -0.4 is 10.6 Å². The quantitative estimate of drug-likeness (QED) is 0.765.